The van der Waals surface area contributed by atoms with E-state index < -0.39 is 11.4 Å². The van der Waals surface area contributed by atoms with Crippen LogP contribution in [-0.4, -0.2) is 17.6 Å². The van der Waals surface area contributed by atoms with Gasteiger partial charge in [0.05, 0.1) is 5.41 Å². The molecule has 0 aliphatic heterocycles. The highest BCUT2D eigenvalue weighted by Gasteiger charge is 2.49. The highest BCUT2D eigenvalue weighted by Crippen LogP contribution is 2.45. The topological polar surface area (TPSA) is 49.3 Å². The zero-order valence-electron chi connectivity index (χ0n) is 11.3. The second kappa shape index (κ2) is 4.73. The number of benzene rings is 1. The highest BCUT2D eigenvalue weighted by molar-refractivity contribution is 5.78. The minimum absolute atomic E-state index is 0.480. The summed E-state index contributed by atoms with van der Waals surface area (Å²) in [7, 11) is 0. The highest BCUT2D eigenvalue weighted by atomic mass is 16.4. The average molecular weight is 247 g/mol. The molecular formula is C15H21NO2. The van der Waals surface area contributed by atoms with Crippen molar-refractivity contribution < 1.29 is 9.90 Å². The lowest BCUT2D eigenvalue weighted by molar-refractivity contribution is -0.143. The number of rotatable bonds is 5. The number of carboxylic acid groups (broad SMARTS) is 1. The number of carboxylic acids is 1. The van der Waals surface area contributed by atoms with Crippen LogP contribution >= 0.6 is 0 Å². The molecule has 0 amide bonds. The van der Waals surface area contributed by atoms with Gasteiger partial charge in [-0.25, -0.2) is 0 Å². The summed E-state index contributed by atoms with van der Waals surface area (Å²) < 4.78 is 0. The first-order chi connectivity index (χ1) is 8.44. The van der Waals surface area contributed by atoms with Crippen molar-refractivity contribution in [2.45, 2.75) is 40.2 Å². The zero-order chi connectivity index (χ0) is 13.3. The Labute approximate surface area is 108 Å². The van der Waals surface area contributed by atoms with Gasteiger partial charge in [-0.1, -0.05) is 17.7 Å². The lowest BCUT2D eigenvalue weighted by Crippen LogP contribution is -2.30. The summed E-state index contributed by atoms with van der Waals surface area (Å²) in [5, 5.41) is 12.4. The van der Waals surface area contributed by atoms with Crippen molar-refractivity contribution in [3.8, 4) is 0 Å². The molecule has 2 N–H and O–H groups in total. The van der Waals surface area contributed by atoms with Crippen LogP contribution in [0.4, 0.5) is 0 Å². The van der Waals surface area contributed by atoms with Crippen LogP contribution in [0.25, 0.3) is 0 Å². The van der Waals surface area contributed by atoms with Crippen molar-refractivity contribution in [3.05, 3.63) is 34.4 Å². The molecule has 0 saturated heterocycles. The smallest absolute Gasteiger partial charge is 0.310 e. The van der Waals surface area contributed by atoms with Crippen LogP contribution in [0.5, 0.6) is 0 Å². The predicted octanol–water partition coefficient (Wildman–Crippen LogP) is 2.57. The molecular weight excluding hydrogens is 226 g/mol. The van der Waals surface area contributed by atoms with Gasteiger partial charge in [-0.2, -0.15) is 0 Å². The Bertz CT molecular complexity index is 452. The fraction of sp³-hybridized carbons (Fsp3) is 0.533. The Hall–Kier alpha value is -1.35. The van der Waals surface area contributed by atoms with Crippen LogP contribution in [-0.2, 0) is 11.3 Å². The molecule has 1 fully saturated rings. The second-order valence-corrected chi connectivity index (χ2v) is 5.57. The first-order valence-corrected chi connectivity index (χ1v) is 6.45. The molecule has 2 rings (SSSR count). The third-order valence-electron chi connectivity index (χ3n) is 3.91. The van der Waals surface area contributed by atoms with Gasteiger partial charge in [0.25, 0.3) is 0 Å². The molecule has 0 spiro atoms. The monoisotopic (exact) mass is 247 g/mol. The summed E-state index contributed by atoms with van der Waals surface area (Å²) in [5.41, 5.74) is 4.65. The van der Waals surface area contributed by atoms with Gasteiger partial charge in [-0.3, -0.25) is 4.79 Å². The van der Waals surface area contributed by atoms with Gasteiger partial charge in [0.2, 0.25) is 0 Å². The van der Waals surface area contributed by atoms with E-state index in [1.54, 1.807) is 0 Å². The van der Waals surface area contributed by atoms with E-state index in [0.29, 0.717) is 6.54 Å². The number of carbonyl (C=O) groups is 1. The van der Waals surface area contributed by atoms with E-state index in [0.717, 1.165) is 19.4 Å². The number of nitrogens with one attached hydrogen (secondary N) is 1. The Morgan fingerprint density at radius 3 is 2.28 bits per heavy atom. The van der Waals surface area contributed by atoms with E-state index in [-0.39, 0.29) is 0 Å². The number of hydrogen-bond acceptors (Lipinski definition) is 2. The molecule has 18 heavy (non-hydrogen) atoms. The van der Waals surface area contributed by atoms with Gasteiger partial charge in [0.1, 0.15) is 0 Å². The lowest BCUT2D eigenvalue weighted by atomic mass is 9.99. The van der Waals surface area contributed by atoms with Crippen molar-refractivity contribution >= 4 is 5.97 Å². The van der Waals surface area contributed by atoms with E-state index in [4.69, 9.17) is 5.11 Å². The molecule has 0 heterocycles. The average Bonchev–Trinajstić information content (AvgIpc) is 3.03. The first kappa shape index (κ1) is 13.1. The second-order valence-electron chi connectivity index (χ2n) is 5.57. The Kier molecular flexibility index (Phi) is 3.44. The van der Waals surface area contributed by atoms with E-state index in [1.165, 1.54) is 22.3 Å². The zero-order valence-corrected chi connectivity index (χ0v) is 11.3. The number of aryl methyl sites for hydroxylation is 3. The fourth-order valence-electron chi connectivity index (χ4n) is 2.53. The van der Waals surface area contributed by atoms with Crippen LogP contribution < -0.4 is 5.32 Å². The fourth-order valence-corrected chi connectivity index (χ4v) is 2.53. The van der Waals surface area contributed by atoms with Crippen molar-refractivity contribution in [1.29, 1.82) is 0 Å². The maximum atomic E-state index is 11.1. The molecule has 1 aromatic carbocycles. The third kappa shape index (κ3) is 2.56. The van der Waals surface area contributed by atoms with Crippen LogP contribution in [0.15, 0.2) is 12.1 Å². The maximum Gasteiger partial charge on any atom is 0.310 e. The van der Waals surface area contributed by atoms with Gasteiger partial charge in [0.15, 0.2) is 0 Å². The molecule has 1 aromatic rings. The van der Waals surface area contributed by atoms with E-state index in [1.807, 2.05) is 0 Å². The van der Waals surface area contributed by atoms with Crippen molar-refractivity contribution in [3.63, 3.8) is 0 Å². The molecule has 1 aliphatic carbocycles. The van der Waals surface area contributed by atoms with E-state index in [2.05, 4.69) is 38.2 Å². The van der Waals surface area contributed by atoms with Crippen molar-refractivity contribution in [2.75, 3.05) is 6.54 Å². The number of aliphatic carboxylic acids is 1. The minimum Gasteiger partial charge on any atom is -0.481 e. The summed E-state index contributed by atoms with van der Waals surface area (Å²) in [6.45, 7) is 7.66. The third-order valence-corrected chi connectivity index (χ3v) is 3.91. The maximum absolute atomic E-state index is 11.1. The predicted molar refractivity (Wildman–Crippen MR) is 71.7 cm³/mol. The van der Waals surface area contributed by atoms with Gasteiger partial charge >= 0.3 is 5.97 Å². The molecule has 0 unspecified atom stereocenters. The quantitative estimate of drug-likeness (QED) is 0.840. The van der Waals surface area contributed by atoms with Crippen LogP contribution in [0.1, 0.15) is 35.1 Å². The number of hydrogen-bond donors (Lipinski definition) is 2. The Morgan fingerprint density at radius 1 is 1.28 bits per heavy atom. The molecule has 0 atom stereocenters. The van der Waals surface area contributed by atoms with Crippen molar-refractivity contribution in [1.82, 2.24) is 5.32 Å². The van der Waals surface area contributed by atoms with Crippen LogP contribution in [0.2, 0.25) is 0 Å². The summed E-state index contributed by atoms with van der Waals surface area (Å²) in [6, 6.07) is 4.35. The molecule has 0 aromatic heterocycles. The molecule has 98 valence electrons. The summed E-state index contributed by atoms with van der Waals surface area (Å²) in [4.78, 5) is 11.1. The van der Waals surface area contributed by atoms with Crippen LogP contribution in [0, 0.1) is 26.2 Å². The Morgan fingerprint density at radius 2 is 1.83 bits per heavy atom. The first-order valence-electron chi connectivity index (χ1n) is 6.45. The van der Waals surface area contributed by atoms with Gasteiger partial charge in [-0.15, -0.1) is 0 Å². The molecule has 1 aliphatic rings. The lowest BCUT2D eigenvalue weighted by Gasteiger charge is -2.15. The van der Waals surface area contributed by atoms with Crippen molar-refractivity contribution in [2.24, 2.45) is 5.41 Å². The normalized spacial score (nSPS) is 16.6. The molecule has 1 saturated carbocycles. The standard InChI is InChI=1S/C15H21NO2/c1-10-6-11(2)13(12(3)7-10)8-16-9-15(4-5-15)14(17)18/h6-7,16H,4-5,8-9H2,1-3H3,(H,17,18). The summed E-state index contributed by atoms with van der Waals surface area (Å²) in [6.07, 6.45) is 1.61. The van der Waals surface area contributed by atoms with Gasteiger partial charge in [-0.05, 0) is 50.3 Å². The SMILES string of the molecule is Cc1cc(C)c(CNCC2(C(=O)O)CC2)c(C)c1. The molecule has 3 nitrogen and oxygen atoms in total. The summed E-state index contributed by atoms with van der Waals surface area (Å²) >= 11 is 0. The molecule has 0 bridgehead atoms. The molecule has 0 radical (unpaired) electrons. The van der Waals surface area contributed by atoms with Crippen LogP contribution in [0.3, 0.4) is 0 Å². The van der Waals surface area contributed by atoms with E-state index in [9.17, 15) is 4.79 Å². The minimum atomic E-state index is -0.660. The summed E-state index contributed by atoms with van der Waals surface area (Å²) in [5.74, 6) is -0.660. The van der Waals surface area contributed by atoms with E-state index >= 15 is 0 Å². The molecule has 3 heteroatoms. The van der Waals surface area contributed by atoms with Gasteiger partial charge in [0, 0.05) is 13.1 Å². The Balaban J connectivity index is 1.97. The van der Waals surface area contributed by atoms with Gasteiger partial charge < -0.3 is 10.4 Å². The largest absolute Gasteiger partial charge is 0.481 e.